The lowest BCUT2D eigenvalue weighted by atomic mass is 10.2. The Bertz CT molecular complexity index is 764. The molecular weight excluding hydrogens is 354 g/mol. The summed E-state index contributed by atoms with van der Waals surface area (Å²) in [4.78, 5) is 17.1. The number of rotatable bonds is 3. The molecular formula is C15H10BrNO3S. The first-order chi connectivity index (χ1) is 10.2. The van der Waals surface area contributed by atoms with Gasteiger partial charge in [-0.25, -0.2) is 9.79 Å². The summed E-state index contributed by atoms with van der Waals surface area (Å²) in [5.41, 5.74) is 0.939. The van der Waals surface area contributed by atoms with Gasteiger partial charge in [0.2, 0.25) is 5.90 Å². The lowest BCUT2D eigenvalue weighted by Gasteiger charge is -2.05. The fraction of sp³-hybridized carbons (Fsp3) is 0.0667. The fourth-order valence-corrected chi connectivity index (χ4v) is 3.25. The van der Waals surface area contributed by atoms with E-state index in [0.29, 0.717) is 11.3 Å². The van der Waals surface area contributed by atoms with E-state index < -0.39 is 5.97 Å². The monoisotopic (exact) mass is 363 g/mol. The van der Waals surface area contributed by atoms with Gasteiger partial charge in [-0.1, -0.05) is 12.1 Å². The van der Waals surface area contributed by atoms with Crippen LogP contribution in [0, 0.1) is 0 Å². The predicted molar refractivity (Wildman–Crippen MR) is 85.6 cm³/mol. The largest absolute Gasteiger partial charge is 0.496 e. The maximum atomic E-state index is 11.9. The molecule has 106 valence electrons. The van der Waals surface area contributed by atoms with Crippen LogP contribution < -0.4 is 4.74 Å². The molecule has 0 amide bonds. The number of hydrogen-bond donors (Lipinski definition) is 0. The summed E-state index contributed by atoms with van der Waals surface area (Å²) in [5.74, 6) is 0.420. The van der Waals surface area contributed by atoms with Crippen LogP contribution in [0.25, 0.3) is 6.08 Å². The number of cyclic esters (lactones) is 1. The zero-order valence-electron chi connectivity index (χ0n) is 11.0. The molecule has 0 bridgehead atoms. The molecule has 0 saturated heterocycles. The Hall–Kier alpha value is -1.92. The van der Waals surface area contributed by atoms with Gasteiger partial charge in [0.15, 0.2) is 5.70 Å². The van der Waals surface area contributed by atoms with Crippen molar-refractivity contribution in [1.29, 1.82) is 0 Å². The van der Waals surface area contributed by atoms with Crippen LogP contribution in [0.4, 0.5) is 0 Å². The number of thiophene rings is 1. The molecule has 21 heavy (non-hydrogen) atoms. The first-order valence-electron chi connectivity index (χ1n) is 6.08. The molecule has 1 aliphatic rings. The standard InChI is InChI=1S/C15H10BrNO3S/c1-19-12-5-3-2-4-10(12)14-17-11(15(18)20-14)8-9-6-7-13(16)21-9/h2-8H,1H3/b11-8-. The van der Waals surface area contributed by atoms with Gasteiger partial charge in [-0.15, -0.1) is 11.3 Å². The lowest BCUT2D eigenvalue weighted by Crippen LogP contribution is -2.06. The second-order valence-electron chi connectivity index (χ2n) is 4.18. The summed E-state index contributed by atoms with van der Waals surface area (Å²) in [7, 11) is 1.57. The third kappa shape index (κ3) is 2.91. The number of carbonyl (C=O) groups is 1. The summed E-state index contributed by atoms with van der Waals surface area (Å²) < 4.78 is 11.5. The van der Waals surface area contributed by atoms with Crippen molar-refractivity contribution in [1.82, 2.24) is 0 Å². The molecule has 4 nitrogen and oxygen atoms in total. The van der Waals surface area contributed by atoms with Gasteiger partial charge >= 0.3 is 5.97 Å². The van der Waals surface area contributed by atoms with Crippen molar-refractivity contribution in [2.45, 2.75) is 0 Å². The first-order valence-corrected chi connectivity index (χ1v) is 7.69. The minimum Gasteiger partial charge on any atom is -0.496 e. The highest BCUT2D eigenvalue weighted by atomic mass is 79.9. The zero-order chi connectivity index (χ0) is 14.8. The number of esters is 1. The maximum absolute atomic E-state index is 11.9. The van der Waals surface area contributed by atoms with E-state index >= 15 is 0 Å². The van der Waals surface area contributed by atoms with E-state index in [9.17, 15) is 4.79 Å². The van der Waals surface area contributed by atoms with Gasteiger partial charge in [0.1, 0.15) is 5.75 Å². The van der Waals surface area contributed by atoms with Crippen LogP contribution in [-0.2, 0) is 9.53 Å². The van der Waals surface area contributed by atoms with E-state index in [1.54, 1.807) is 25.3 Å². The highest BCUT2D eigenvalue weighted by Gasteiger charge is 2.26. The second-order valence-corrected chi connectivity index (χ2v) is 6.67. The number of aliphatic imine (C=N–C) groups is 1. The van der Waals surface area contributed by atoms with Gasteiger partial charge in [-0.2, -0.15) is 0 Å². The Balaban J connectivity index is 1.97. The molecule has 3 rings (SSSR count). The van der Waals surface area contributed by atoms with Crippen LogP contribution in [0.2, 0.25) is 0 Å². The van der Waals surface area contributed by atoms with Crippen LogP contribution in [-0.4, -0.2) is 19.0 Å². The molecule has 1 aromatic carbocycles. The van der Waals surface area contributed by atoms with E-state index in [1.165, 1.54) is 11.3 Å². The van der Waals surface area contributed by atoms with Crippen molar-refractivity contribution in [2.75, 3.05) is 7.11 Å². The Labute approximate surface area is 133 Å². The normalized spacial score (nSPS) is 16.0. The summed E-state index contributed by atoms with van der Waals surface area (Å²) in [6.07, 6.45) is 1.71. The van der Waals surface area contributed by atoms with E-state index in [1.807, 2.05) is 24.3 Å². The number of ether oxygens (including phenoxy) is 2. The third-order valence-electron chi connectivity index (χ3n) is 2.83. The van der Waals surface area contributed by atoms with Crippen LogP contribution in [0.15, 0.2) is 50.9 Å². The van der Waals surface area contributed by atoms with Crippen LogP contribution in [0.5, 0.6) is 5.75 Å². The second kappa shape index (κ2) is 5.83. The van der Waals surface area contributed by atoms with E-state index in [4.69, 9.17) is 9.47 Å². The number of benzene rings is 1. The number of nitrogens with zero attached hydrogens (tertiary/aromatic N) is 1. The smallest absolute Gasteiger partial charge is 0.363 e. The highest BCUT2D eigenvalue weighted by Crippen LogP contribution is 2.28. The predicted octanol–water partition coefficient (Wildman–Crippen LogP) is 3.86. The average molecular weight is 364 g/mol. The van der Waals surface area contributed by atoms with E-state index in [2.05, 4.69) is 20.9 Å². The summed E-state index contributed by atoms with van der Waals surface area (Å²) >= 11 is 4.90. The van der Waals surface area contributed by atoms with E-state index in [0.717, 1.165) is 8.66 Å². The van der Waals surface area contributed by atoms with Crippen LogP contribution in [0.1, 0.15) is 10.4 Å². The van der Waals surface area contributed by atoms with Gasteiger partial charge in [-0.05, 0) is 46.3 Å². The SMILES string of the molecule is COc1ccccc1C1=N/C(=C\c2ccc(Br)s2)C(=O)O1. The van der Waals surface area contributed by atoms with Crippen molar-refractivity contribution in [3.63, 3.8) is 0 Å². The van der Waals surface area contributed by atoms with Gasteiger partial charge in [0, 0.05) is 4.88 Å². The minimum atomic E-state index is -0.458. The lowest BCUT2D eigenvalue weighted by molar-refractivity contribution is -0.129. The number of para-hydroxylation sites is 1. The quantitative estimate of drug-likeness (QED) is 0.614. The van der Waals surface area contributed by atoms with Crippen LogP contribution >= 0.6 is 27.3 Å². The Morgan fingerprint density at radius 3 is 2.81 bits per heavy atom. The number of hydrogen-bond acceptors (Lipinski definition) is 5. The molecule has 1 aliphatic heterocycles. The summed E-state index contributed by atoms with van der Waals surface area (Å²) in [6, 6.07) is 11.1. The first kappa shape index (κ1) is 14.0. The van der Waals surface area contributed by atoms with Crippen molar-refractivity contribution in [2.24, 2.45) is 4.99 Å². The van der Waals surface area contributed by atoms with Crippen molar-refractivity contribution >= 4 is 45.2 Å². The summed E-state index contributed by atoms with van der Waals surface area (Å²) in [5, 5.41) is 0. The number of halogens is 1. The average Bonchev–Trinajstić information content (AvgIpc) is 3.06. The molecule has 0 N–H and O–H groups in total. The van der Waals surface area contributed by atoms with Crippen molar-refractivity contribution in [3.05, 3.63) is 56.3 Å². The summed E-state index contributed by atoms with van der Waals surface area (Å²) in [6.45, 7) is 0. The third-order valence-corrected chi connectivity index (χ3v) is 4.40. The minimum absolute atomic E-state index is 0.263. The Morgan fingerprint density at radius 1 is 1.29 bits per heavy atom. The molecule has 0 saturated carbocycles. The molecule has 0 fully saturated rings. The molecule has 2 heterocycles. The van der Waals surface area contributed by atoms with Gasteiger partial charge in [0.25, 0.3) is 0 Å². The van der Waals surface area contributed by atoms with Crippen molar-refractivity contribution < 1.29 is 14.3 Å². The molecule has 6 heteroatoms. The molecule has 0 radical (unpaired) electrons. The fourth-order valence-electron chi connectivity index (χ4n) is 1.89. The maximum Gasteiger partial charge on any atom is 0.363 e. The van der Waals surface area contributed by atoms with Crippen molar-refractivity contribution in [3.8, 4) is 5.75 Å². The van der Waals surface area contributed by atoms with Crippen LogP contribution in [0.3, 0.4) is 0 Å². The highest BCUT2D eigenvalue weighted by molar-refractivity contribution is 9.11. The van der Waals surface area contributed by atoms with E-state index in [-0.39, 0.29) is 11.6 Å². The Kier molecular flexibility index (Phi) is 3.90. The molecule has 2 aromatic rings. The van der Waals surface area contributed by atoms with Gasteiger partial charge < -0.3 is 9.47 Å². The molecule has 0 spiro atoms. The molecule has 0 unspecified atom stereocenters. The Morgan fingerprint density at radius 2 is 2.10 bits per heavy atom. The molecule has 0 aliphatic carbocycles. The molecule has 1 aromatic heterocycles. The van der Waals surface area contributed by atoms with Gasteiger partial charge in [-0.3, -0.25) is 0 Å². The molecule has 0 atom stereocenters. The number of carbonyl (C=O) groups excluding carboxylic acids is 1. The van der Waals surface area contributed by atoms with Gasteiger partial charge in [0.05, 0.1) is 16.5 Å². The zero-order valence-corrected chi connectivity index (χ0v) is 13.4. The topological polar surface area (TPSA) is 47.9 Å². The number of methoxy groups -OCH3 is 1.